The van der Waals surface area contributed by atoms with Gasteiger partial charge in [-0.2, -0.15) is 5.10 Å². The fourth-order valence-electron chi connectivity index (χ4n) is 2.44. The minimum absolute atomic E-state index is 0.0324. The molecule has 2 N–H and O–H groups in total. The zero-order valence-electron chi connectivity index (χ0n) is 13.9. The normalized spacial score (nSPS) is 11.4. The van der Waals surface area contributed by atoms with Crippen LogP contribution in [0.4, 0.5) is 5.69 Å². The number of H-pyrrole nitrogens is 1. The molecule has 132 valence electrons. The number of benzene rings is 2. The maximum absolute atomic E-state index is 12.9. The molecule has 0 atom stereocenters. The highest BCUT2D eigenvalue weighted by Crippen LogP contribution is 2.30. The number of aromatic nitrogens is 2. The third kappa shape index (κ3) is 3.69. The third-order valence-electron chi connectivity index (χ3n) is 3.51. The van der Waals surface area contributed by atoms with Gasteiger partial charge in [-0.1, -0.05) is 0 Å². The van der Waals surface area contributed by atoms with Crippen molar-refractivity contribution in [2.45, 2.75) is 18.7 Å². The van der Waals surface area contributed by atoms with Gasteiger partial charge in [0.15, 0.2) is 0 Å². The van der Waals surface area contributed by atoms with Crippen LogP contribution >= 0.6 is 0 Å². The first kappa shape index (κ1) is 17.1. The Morgan fingerprint density at radius 3 is 2.64 bits per heavy atom. The molecule has 2 aromatic carbocycles. The Morgan fingerprint density at radius 1 is 1.08 bits per heavy atom. The van der Waals surface area contributed by atoms with E-state index in [4.69, 9.17) is 9.47 Å². The number of ether oxygens (including phenoxy) is 2. The summed E-state index contributed by atoms with van der Waals surface area (Å²) in [5.41, 5.74) is 1.18. The molecule has 0 aliphatic carbocycles. The monoisotopic (exact) mass is 361 g/mol. The van der Waals surface area contributed by atoms with Gasteiger partial charge in [-0.15, -0.1) is 0 Å². The Bertz CT molecular complexity index is 982. The lowest BCUT2D eigenvalue weighted by atomic mass is 10.2. The highest BCUT2D eigenvalue weighted by atomic mass is 32.2. The molecule has 7 nitrogen and oxygen atoms in total. The summed E-state index contributed by atoms with van der Waals surface area (Å²) in [5, 5.41) is 7.64. The van der Waals surface area contributed by atoms with Crippen molar-refractivity contribution in [3.63, 3.8) is 0 Å². The molecule has 3 rings (SSSR count). The topological polar surface area (TPSA) is 93.3 Å². The van der Waals surface area contributed by atoms with Crippen LogP contribution in [0, 0.1) is 0 Å². The molecule has 0 spiro atoms. The van der Waals surface area contributed by atoms with E-state index in [1.807, 2.05) is 6.92 Å². The predicted octanol–water partition coefficient (Wildman–Crippen LogP) is 3.16. The van der Waals surface area contributed by atoms with E-state index in [2.05, 4.69) is 14.9 Å². The number of hydrogen-bond donors (Lipinski definition) is 2. The second-order valence-electron chi connectivity index (χ2n) is 5.25. The van der Waals surface area contributed by atoms with E-state index in [0.29, 0.717) is 24.7 Å². The summed E-state index contributed by atoms with van der Waals surface area (Å²) in [6.45, 7) is 4.43. The van der Waals surface area contributed by atoms with Gasteiger partial charge < -0.3 is 9.47 Å². The zero-order chi connectivity index (χ0) is 17.9. The average Bonchev–Trinajstić information content (AvgIpc) is 3.04. The van der Waals surface area contributed by atoms with E-state index < -0.39 is 10.0 Å². The Kier molecular flexibility index (Phi) is 4.80. The number of hydrogen-bond acceptors (Lipinski definition) is 5. The van der Waals surface area contributed by atoms with Crippen molar-refractivity contribution < 1.29 is 17.9 Å². The summed E-state index contributed by atoms with van der Waals surface area (Å²) in [6, 6.07) is 9.91. The average molecular weight is 361 g/mol. The number of nitrogens with zero attached hydrogens (tertiary/aromatic N) is 1. The van der Waals surface area contributed by atoms with E-state index in [-0.39, 0.29) is 10.6 Å². The van der Waals surface area contributed by atoms with Crippen molar-refractivity contribution in [2.75, 3.05) is 17.9 Å². The fourth-order valence-corrected chi connectivity index (χ4v) is 3.65. The molecule has 8 heteroatoms. The van der Waals surface area contributed by atoms with Crippen molar-refractivity contribution >= 4 is 26.6 Å². The molecule has 0 saturated heterocycles. The standard InChI is InChI=1S/C17H19N3O4S/c1-3-23-14-7-8-16(24-4-2)17(10-14)25(21,22)20-13-6-5-12-11-18-19-15(12)9-13/h5-11,20H,3-4H2,1-2H3,(H,18,19). The summed E-state index contributed by atoms with van der Waals surface area (Å²) in [7, 11) is -3.85. The van der Waals surface area contributed by atoms with Crippen LogP contribution in [0.3, 0.4) is 0 Å². The van der Waals surface area contributed by atoms with E-state index in [1.165, 1.54) is 6.07 Å². The van der Waals surface area contributed by atoms with Crippen molar-refractivity contribution in [3.05, 3.63) is 42.6 Å². The van der Waals surface area contributed by atoms with Gasteiger partial charge in [0.2, 0.25) is 0 Å². The van der Waals surface area contributed by atoms with Gasteiger partial charge in [0.1, 0.15) is 16.4 Å². The molecule has 0 fully saturated rings. The number of fused-ring (bicyclic) bond motifs is 1. The summed E-state index contributed by atoms with van der Waals surface area (Å²) in [6.07, 6.45) is 1.67. The number of sulfonamides is 1. The number of nitrogens with one attached hydrogen (secondary N) is 2. The maximum Gasteiger partial charge on any atom is 0.265 e. The van der Waals surface area contributed by atoms with Crippen LogP contribution in [0.15, 0.2) is 47.5 Å². The lowest BCUT2D eigenvalue weighted by Gasteiger charge is -2.14. The van der Waals surface area contributed by atoms with Crippen LogP contribution in [0.2, 0.25) is 0 Å². The first-order valence-corrected chi connectivity index (χ1v) is 9.37. The van der Waals surface area contributed by atoms with Gasteiger partial charge in [-0.05, 0) is 44.2 Å². The number of anilines is 1. The fraction of sp³-hybridized carbons (Fsp3) is 0.235. The maximum atomic E-state index is 12.9. The van der Waals surface area contributed by atoms with E-state index in [0.717, 1.165) is 10.9 Å². The molecule has 0 aliphatic heterocycles. The SMILES string of the molecule is CCOc1ccc(OCC)c(S(=O)(=O)Nc2ccc3cn[nH]c3c2)c1. The minimum Gasteiger partial charge on any atom is -0.494 e. The minimum atomic E-state index is -3.85. The van der Waals surface area contributed by atoms with Crippen molar-refractivity contribution in [3.8, 4) is 11.5 Å². The van der Waals surface area contributed by atoms with E-state index in [9.17, 15) is 8.42 Å². The van der Waals surface area contributed by atoms with Crippen LogP contribution in [-0.2, 0) is 10.0 Å². The Morgan fingerprint density at radius 2 is 1.88 bits per heavy atom. The highest BCUT2D eigenvalue weighted by molar-refractivity contribution is 7.92. The Balaban J connectivity index is 1.98. The molecule has 1 heterocycles. The third-order valence-corrected chi connectivity index (χ3v) is 4.91. The van der Waals surface area contributed by atoms with Crippen LogP contribution in [0.1, 0.15) is 13.8 Å². The Labute approximate surface area is 146 Å². The number of aromatic amines is 1. The summed E-state index contributed by atoms with van der Waals surface area (Å²) in [4.78, 5) is 0.0324. The molecule has 0 unspecified atom stereocenters. The molecule has 0 radical (unpaired) electrons. The molecule has 0 aliphatic rings. The molecular weight excluding hydrogens is 342 g/mol. The summed E-state index contributed by atoms with van der Waals surface area (Å²) in [5.74, 6) is 0.747. The molecule has 25 heavy (non-hydrogen) atoms. The predicted molar refractivity (Wildman–Crippen MR) is 95.7 cm³/mol. The molecular formula is C17H19N3O4S. The van der Waals surface area contributed by atoms with Gasteiger partial charge >= 0.3 is 0 Å². The largest absolute Gasteiger partial charge is 0.494 e. The lowest BCUT2D eigenvalue weighted by molar-refractivity contribution is 0.322. The van der Waals surface area contributed by atoms with Gasteiger partial charge in [0.05, 0.1) is 30.6 Å². The second-order valence-corrected chi connectivity index (χ2v) is 6.90. The molecule has 0 amide bonds. The number of rotatable bonds is 7. The van der Waals surface area contributed by atoms with Gasteiger partial charge in [0.25, 0.3) is 10.0 Å². The van der Waals surface area contributed by atoms with Crippen LogP contribution in [-0.4, -0.2) is 31.8 Å². The first-order valence-electron chi connectivity index (χ1n) is 7.89. The van der Waals surface area contributed by atoms with Crippen molar-refractivity contribution in [1.82, 2.24) is 10.2 Å². The molecule has 0 saturated carbocycles. The quantitative estimate of drug-likeness (QED) is 0.674. The highest BCUT2D eigenvalue weighted by Gasteiger charge is 2.21. The first-order chi connectivity index (χ1) is 12.0. The summed E-state index contributed by atoms with van der Waals surface area (Å²) < 4.78 is 39.2. The van der Waals surface area contributed by atoms with Gasteiger partial charge in [-0.25, -0.2) is 8.42 Å². The summed E-state index contributed by atoms with van der Waals surface area (Å²) >= 11 is 0. The van der Waals surface area contributed by atoms with Crippen molar-refractivity contribution in [2.24, 2.45) is 0 Å². The zero-order valence-corrected chi connectivity index (χ0v) is 14.8. The lowest BCUT2D eigenvalue weighted by Crippen LogP contribution is -2.14. The Hall–Kier alpha value is -2.74. The molecule has 1 aromatic heterocycles. The van der Waals surface area contributed by atoms with Gasteiger partial charge in [0, 0.05) is 11.5 Å². The van der Waals surface area contributed by atoms with E-state index >= 15 is 0 Å². The van der Waals surface area contributed by atoms with E-state index in [1.54, 1.807) is 43.5 Å². The van der Waals surface area contributed by atoms with Crippen LogP contribution in [0.25, 0.3) is 10.9 Å². The smallest absolute Gasteiger partial charge is 0.265 e. The van der Waals surface area contributed by atoms with Gasteiger partial charge in [-0.3, -0.25) is 9.82 Å². The molecule has 3 aromatic rings. The van der Waals surface area contributed by atoms with Crippen LogP contribution < -0.4 is 14.2 Å². The van der Waals surface area contributed by atoms with Crippen LogP contribution in [0.5, 0.6) is 11.5 Å². The molecule has 0 bridgehead atoms. The second kappa shape index (κ2) is 7.02. The van der Waals surface area contributed by atoms with Crippen molar-refractivity contribution in [1.29, 1.82) is 0 Å².